The van der Waals surface area contributed by atoms with Crippen LogP contribution in [-0.4, -0.2) is 35.2 Å². The topological polar surface area (TPSA) is 67.6 Å². The van der Waals surface area contributed by atoms with Crippen molar-refractivity contribution in [3.05, 3.63) is 69.2 Å². The Morgan fingerprint density at radius 3 is 2.68 bits per heavy atom. The molecule has 0 atom stereocenters. The summed E-state index contributed by atoms with van der Waals surface area (Å²) in [5.41, 5.74) is 1.44. The number of hydrogen-bond donors (Lipinski definition) is 1. The van der Waals surface area contributed by atoms with E-state index in [9.17, 15) is 10.1 Å². The van der Waals surface area contributed by atoms with E-state index in [2.05, 4.69) is 5.32 Å². The zero-order valence-corrected chi connectivity index (χ0v) is 15.2. The van der Waals surface area contributed by atoms with Gasteiger partial charge in [0.05, 0.1) is 22.2 Å². The van der Waals surface area contributed by atoms with Gasteiger partial charge in [-0.25, -0.2) is 0 Å². The number of thiocarbonyl (C=S) groups is 1. The van der Waals surface area contributed by atoms with E-state index < -0.39 is 4.92 Å². The second kappa shape index (κ2) is 9.31. The van der Waals surface area contributed by atoms with Gasteiger partial charge in [0.2, 0.25) is 0 Å². The lowest BCUT2D eigenvalue weighted by molar-refractivity contribution is -0.384. The van der Waals surface area contributed by atoms with Crippen molar-refractivity contribution in [3.63, 3.8) is 0 Å². The van der Waals surface area contributed by atoms with Gasteiger partial charge in [-0.2, -0.15) is 0 Å². The third kappa shape index (κ3) is 5.67. The minimum absolute atomic E-state index is 0.0544. The van der Waals surface area contributed by atoms with Crippen LogP contribution in [0.1, 0.15) is 5.56 Å². The predicted octanol–water partition coefficient (Wildman–Crippen LogP) is 4.09. The van der Waals surface area contributed by atoms with Crippen LogP contribution in [0.2, 0.25) is 5.02 Å². The van der Waals surface area contributed by atoms with Gasteiger partial charge in [-0.15, -0.1) is 0 Å². The highest BCUT2D eigenvalue weighted by atomic mass is 35.5. The van der Waals surface area contributed by atoms with E-state index in [1.54, 1.807) is 7.11 Å². The molecule has 0 unspecified atom stereocenters. The Kier molecular flexibility index (Phi) is 7.12. The summed E-state index contributed by atoms with van der Waals surface area (Å²) in [5, 5.41) is 14.7. The number of halogens is 1. The first kappa shape index (κ1) is 19.1. The van der Waals surface area contributed by atoms with Crippen LogP contribution in [0.15, 0.2) is 48.5 Å². The Morgan fingerprint density at radius 1 is 1.32 bits per heavy atom. The summed E-state index contributed by atoms with van der Waals surface area (Å²) in [5.74, 6) is 0. The van der Waals surface area contributed by atoms with E-state index in [1.165, 1.54) is 18.2 Å². The van der Waals surface area contributed by atoms with E-state index in [0.29, 0.717) is 35.5 Å². The van der Waals surface area contributed by atoms with Gasteiger partial charge in [0, 0.05) is 32.3 Å². The number of nitro benzene ring substituents is 1. The number of anilines is 1. The lowest BCUT2D eigenvalue weighted by atomic mass is 10.2. The molecule has 2 rings (SSSR count). The van der Waals surface area contributed by atoms with Crippen LogP contribution in [0.3, 0.4) is 0 Å². The van der Waals surface area contributed by atoms with Crippen molar-refractivity contribution < 1.29 is 9.66 Å². The standard InChI is InChI=1S/C17H18ClN3O3S/c1-24-10-9-20(12-13-5-3-2-4-6-13)17(25)19-16-11-14(21(22)23)7-8-15(16)18/h2-8,11H,9-10,12H2,1H3,(H,19,25). The molecule has 0 saturated carbocycles. The zero-order valence-electron chi connectivity index (χ0n) is 13.6. The Labute approximate surface area is 156 Å². The lowest BCUT2D eigenvalue weighted by Crippen LogP contribution is -2.36. The summed E-state index contributed by atoms with van der Waals surface area (Å²) < 4.78 is 5.14. The third-order valence-corrected chi connectivity index (χ3v) is 4.16. The second-order valence-electron chi connectivity index (χ2n) is 5.25. The molecule has 0 aliphatic carbocycles. The lowest BCUT2D eigenvalue weighted by Gasteiger charge is -2.26. The van der Waals surface area contributed by atoms with Crippen LogP contribution >= 0.6 is 23.8 Å². The van der Waals surface area contributed by atoms with Crippen molar-refractivity contribution in [2.45, 2.75) is 6.54 Å². The molecule has 0 radical (unpaired) electrons. The molecular weight excluding hydrogens is 362 g/mol. The molecule has 8 heteroatoms. The Hall–Kier alpha value is -2.22. The number of methoxy groups -OCH3 is 1. The minimum atomic E-state index is -0.475. The summed E-state index contributed by atoms with van der Waals surface area (Å²) >= 11 is 11.6. The molecule has 25 heavy (non-hydrogen) atoms. The molecule has 0 spiro atoms. The number of hydrogen-bond acceptors (Lipinski definition) is 4. The third-order valence-electron chi connectivity index (χ3n) is 3.47. The van der Waals surface area contributed by atoms with Crippen molar-refractivity contribution in [3.8, 4) is 0 Å². The van der Waals surface area contributed by atoms with Gasteiger partial charge in [0.15, 0.2) is 5.11 Å². The molecule has 0 amide bonds. The van der Waals surface area contributed by atoms with Crippen molar-refractivity contribution in [1.82, 2.24) is 4.90 Å². The second-order valence-corrected chi connectivity index (χ2v) is 6.05. The largest absolute Gasteiger partial charge is 0.383 e. The summed E-state index contributed by atoms with van der Waals surface area (Å²) in [6.07, 6.45) is 0. The normalized spacial score (nSPS) is 10.3. The molecular formula is C17H18ClN3O3S. The summed E-state index contributed by atoms with van der Waals surface area (Å²) in [6, 6.07) is 14.1. The quantitative estimate of drug-likeness (QED) is 0.444. The van der Waals surface area contributed by atoms with Crippen molar-refractivity contribution in [2.75, 3.05) is 25.6 Å². The zero-order chi connectivity index (χ0) is 18.2. The van der Waals surface area contributed by atoms with Crippen molar-refractivity contribution in [2.24, 2.45) is 0 Å². The first-order chi connectivity index (χ1) is 12.0. The summed E-state index contributed by atoms with van der Waals surface area (Å²) in [6.45, 7) is 1.66. The van der Waals surface area contributed by atoms with Gasteiger partial charge in [0.1, 0.15) is 0 Å². The van der Waals surface area contributed by atoms with E-state index >= 15 is 0 Å². The number of nitro groups is 1. The average Bonchev–Trinajstić information content (AvgIpc) is 2.61. The van der Waals surface area contributed by atoms with Gasteiger partial charge in [-0.05, 0) is 23.8 Å². The Balaban J connectivity index is 2.16. The first-order valence-corrected chi connectivity index (χ1v) is 8.32. The van der Waals surface area contributed by atoms with Crippen LogP contribution in [0.5, 0.6) is 0 Å². The van der Waals surface area contributed by atoms with E-state index in [-0.39, 0.29) is 5.69 Å². The maximum Gasteiger partial charge on any atom is 0.271 e. The fourth-order valence-corrected chi connectivity index (χ4v) is 2.61. The number of nitrogens with one attached hydrogen (secondary N) is 1. The van der Waals surface area contributed by atoms with Crippen LogP contribution < -0.4 is 5.32 Å². The number of rotatable bonds is 7. The van der Waals surface area contributed by atoms with Crippen LogP contribution in [0.25, 0.3) is 0 Å². The van der Waals surface area contributed by atoms with Gasteiger partial charge in [-0.3, -0.25) is 10.1 Å². The molecule has 0 aromatic heterocycles. The number of non-ortho nitro benzene ring substituents is 1. The highest BCUT2D eigenvalue weighted by molar-refractivity contribution is 7.80. The molecule has 0 bridgehead atoms. The SMILES string of the molecule is COCCN(Cc1ccccc1)C(=S)Nc1cc([N+](=O)[O-])ccc1Cl. The van der Waals surface area contributed by atoms with Crippen LogP contribution in [0, 0.1) is 10.1 Å². The molecule has 0 saturated heterocycles. The summed E-state index contributed by atoms with van der Waals surface area (Å²) in [4.78, 5) is 12.4. The highest BCUT2D eigenvalue weighted by Gasteiger charge is 2.15. The fraction of sp³-hybridized carbons (Fsp3) is 0.235. The van der Waals surface area contributed by atoms with Gasteiger partial charge in [-0.1, -0.05) is 41.9 Å². The number of ether oxygens (including phenoxy) is 1. The van der Waals surface area contributed by atoms with E-state index in [1.807, 2.05) is 35.2 Å². The molecule has 2 aromatic rings. The maximum absolute atomic E-state index is 10.9. The number of nitrogens with zero attached hydrogens (tertiary/aromatic N) is 2. The van der Waals surface area contributed by atoms with Crippen LogP contribution in [-0.2, 0) is 11.3 Å². The van der Waals surface area contributed by atoms with Gasteiger partial charge >= 0.3 is 0 Å². The smallest absolute Gasteiger partial charge is 0.271 e. The van der Waals surface area contributed by atoms with E-state index in [0.717, 1.165) is 5.56 Å². The molecule has 132 valence electrons. The fourth-order valence-electron chi connectivity index (χ4n) is 2.17. The predicted molar refractivity (Wildman–Crippen MR) is 103 cm³/mol. The van der Waals surface area contributed by atoms with Crippen molar-refractivity contribution in [1.29, 1.82) is 0 Å². The highest BCUT2D eigenvalue weighted by Crippen LogP contribution is 2.27. The van der Waals surface area contributed by atoms with Gasteiger partial charge < -0.3 is 15.0 Å². The summed E-state index contributed by atoms with van der Waals surface area (Å²) in [7, 11) is 1.62. The monoisotopic (exact) mass is 379 g/mol. The minimum Gasteiger partial charge on any atom is -0.383 e. The van der Waals surface area contributed by atoms with Crippen LogP contribution in [0.4, 0.5) is 11.4 Å². The molecule has 0 aliphatic rings. The average molecular weight is 380 g/mol. The molecule has 6 nitrogen and oxygen atoms in total. The first-order valence-electron chi connectivity index (χ1n) is 7.54. The van der Waals surface area contributed by atoms with Crippen molar-refractivity contribution >= 4 is 40.3 Å². The molecule has 0 aliphatic heterocycles. The Morgan fingerprint density at radius 2 is 2.04 bits per heavy atom. The maximum atomic E-state index is 10.9. The molecule has 1 N–H and O–H groups in total. The Bertz CT molecular complexity index is 743. The molecule has 0 fully saturated rings. The number of benzene rings is 2. The van der Waals surface area contributed by atoms with Gasteiger partial charge in [0.25, 0.3) is 5.69 Å². The molecule has 0 heterocycles. The molecule has 2 aromatic carbocycles. The van der Waals surface area contributed by atoms with E-state index in [4.69, 9.17) is 28.6 Å².